The number of alkyl halides is 1. The van der Waals surface area contributed by atoms with Gasteiger partial charge in [-0.05, 0) is 0 Å². The molecule has 0 aliphatic carbocycles. The number of phenolic OH excluding ortho intramolecular Hbond substituents is 1. The normalized spacial score (nSPS) is 10.0. The number of hydrogen-bond donors (Lipinski definition) is 1. The number of aromatic hydroxyl groups is 1. The van der Waals surface area contributed by atoms with Crippen molar-refractivity contribution in [3.05, 3.63) is 23.8 Å². The van der Waals surface area contributed by atoms with Crippen LogP contribution in [-0.2, 0) is 6.42 Å². The zero-order chi connectivity index (χ0) is 8.27. The van der Waals surface area contributed by atoms with Gasteiger partial charge in [-0.25, -0.2) is 0 Å². The average Bonchev–Trinajstić information content (AvgIpc) is 1.95. The number of phenols is 1. The number of hydrogen-bond acceptors (Lipinski definition) is 1. The van der Waals surface area contributed by atoms with Crippen LogP contribution >= 0.6 is 11.6 Å². The summed E-state index contributed by atoms with van der Waals surface area (Å²) in [6, 6.07) is 5.30. The Labute approximate surface area is 79.9 Å². The topological polar surface area (TPSA) is 20.2 Å². The van der Waals surface area contributed by atoms with Gasteiger partial charge in [-0.15, -0.1) is 0 Å². The summed E-state index contributed by atoms with van der Waals surface area (Å²) in [4.78, 5) is 0. The second-order valence-electron chi connectivity index (χ2n) is 2.25. The number of halogens is 1. The quantitative estimate of drug-likeness (QED) is 0.593. The zero-order valence-electron chi connectivity index (χ0n) is 5.92. The SMILES string of the molecule is Oc1ccc(CCCl)c([As])c1. The van der Waals surface area contributed by atoms with E-state index in [2.05, 4.69) is 16.9 Å². The Kier molecular flexibility index (Phi) is 3.29. The fourth-order valence-corrected chi connectivity index (χ4v) is 1.74. The van der Waals surface area contributed by atoms with Crippen molar-refractivity contribution in [3.8, 4) is 5.75 Å². The van der Waals surface area contributed by atoms with Crippen molar-refractivity contribution >= 4 is 32.8 Å². The van der Waals surface area contributed by atoms with Crippen LogP contribution in [0.3, 0.4) is 0 Å². The van der Waals surface area contributed by atoms with Gasteiger partial charge in [0.1, 0.15) is 0 Å². The molecule has 3 heteroatoms. The molecule has 1 rings (SSSR count). The molecule has 0 saturated carbocycles. The summed E-state index contributed by atoms with van der Waals surface area (Å²) in [7, 11) is 0. The number of aryl methyl sites for hydroxylation is 1. The second kappa shape index (κ2) is 4.04. The van der Waals surface area contributed by atoms with E-state index in [1.807, 2.05) is 6.07 Å². The number of rotatable bonds is 2. The van der Waals surface area contributed by atoms with Crippen LogP contribution in [0.15, 0.2) is 18.2 Å². The van der Waals surface area contributed by atoms with Gasteiger partial charge < -0.3 is 0 Å². The summed E-state index contributed by atoms with van der Waals surface area (Å²) in [6.45, 7) is 0. The molecule has 1 aromatic carbocycles. The third-order valence-electron chi connectivity index (χ3n) is 1.43. The minimum atomic E-state index is 0.305. The summed E-state index contributed by atoms with van der Waals surface area (Å²) in [5, 5.41) is 9.06. The van der Waals surface area contributed by atoms with E-state index in [0.29, 0.717) is 11.6 Å². The molecule has 2 radical (unpaired) electrons. The maximum atomic E-state index is 9.06. The van der Waals surface area contributed by atoms with E-state index in [9.17, 15) is 0 Å². The Morgan fingerprint density at radius 3 is 2.73 bits per heavy atom. The number of benzene rings is 1. The van der Waals surface area contributed by atoms with Crippen LogP contribution in [0, 0.1) is 0 Å². The van der Waals surface area contributed by atoms with Crippen molar-refractivity contribution in [2.24, 2.45) is 0 Å². The molecule has 1 N–H and O–H groups in total. The molecule has 58 valence electrons. The molecule has 0 bridgehead atoms. The molecule has 0 aromatic heterocycles. The van der Waals surface area contributed by atoms with Gasteiger partial charge in [0.2, 0.25) is 0 Å². The van der Waals surface area contributed by atoms with Gasteiger partial charge in [0, 0.05) is 0 Å². The van der Waals surface area contributed by atoms with Crippen molar-refractivity contribution < 1.29 is 5.11 Å². The third-order valence-corrected chi connectivity index (χ3v) is 2.50. The summed E-state index contributed by atoms with van der Waals surface area (Å²) in [5.41, 5.74) is 1.18. The standard InChI is InChI=1S/C8H8AsClO/c9-8-5-7(11)2-1-6(8)3-4-10/h1-2,5,11H,3-4H2. The Bertz CT molecular complexity index is 250. The molecule has 0 unspecified atom stereocenters. The van der Waals surface area contributed by atoms with E-state index in [1.54, 1.807) is 12.1 Å². The van der Waals surface area contributed by atoms with E-state index in [1.165, 1.54) is 5.56 Å². The molecular weight excluding hydrogens is 222 g/mol. The van der Waals surface area contributed by atoms with Crippen molar-refractivity contribution in [3.63, 3.8) is 0 Å². The van der Waals surface area contributed by atoms with Crippen LogP contribution in [0.2, 0.25) is 0 Å². The summed E-state index contributed by atoms with van der Waals surface area (Å²) >= 11 is 8.00. The molecule has 0 fully saturated rings. The molecule has 0 saturated heterocycles. The van der Waals surface area contributed by atoms with Crippen LogP contribution in [0.5, 0.6) is 5.75 Å². The van der Waals surface area contributed by atoms with E-state index >= 15 is 0 Å². The first-order valence-electron chi connectivity index (χ1n) is 3.31. The van der Waals surface area contributed by atoms with E-state index < -0.39 is 0 Å². The van der Waals surface area contributed by atoms with Gasteiger partial charge in [0.15, 0.2) is 0 Å². The van der Waals surface area contributed by atoms with E-state index in [0.717, 1.165) is 10.8 Å². The van der Waals surface area contributed by atoms with Gasteiger partial charge in [-0.2, -0.15) is 0 Å². The Hall–Kier alpha value is -0.132. The maximum absolute atomic E-state index is 9.06. The fourth-order valence-electron chi connectivity index (χ4n) is 0.865. The molecule has 0 heterocycles. The van der Waals surface area contributed by atoms with Crippen LogP contribution in [0.4, 0.5) is 0 Å². The monoisotopic (exact) mass is 230 g/mol. The van der Waals surface area contributed by atoms with Crippen LogP contribution in [0.25, 0.3) is 0 Å². The Morgan fingerprint density at radius 2 is 2.18 bits per heavy atom. The van der Waals surface area contributed by atoms with Gasteiger partial charge in [-0.1, -0.05) is 0 Å². The van der Waals surface area contributed by atoms with Gasteiger partial charge in [0.05, 0.1) is 0 Å². The predicted molar refractivity (Wildman–Crippen MR) is 47.9 cm³/mol. The second-order valence-corrected chi connectivity index (χ2v) is 3.64. The molecule has 1 aromatic rings. The van der Waals surface area contributed by atoms with E-state index in [4.69, 9.17) is 16.7 Å². The van der Waals surface area contributed by atoms with Crippen molar-refractivity contribution in [1.29, 1.82) is 0 Å². The van der Waals surface area contributed by atoms with Crippen molar-refractivity contribution in [2.75, 3.05) is 5.88 Å². The first kappa shape index (κ1) is 8.96. The molecule has 0 aliphatic heterocycles. The van der Waals surface area contributed by atoms with Gasteiger partial charge in [-0.3, -0.25) is 0 Å². The molecule has 0 spiro atoms. The Morgan fingerprint density at radius 1 is 1.45 bits per heavy atom. The summed E-state index contributed by atoms with van der Waals surface area (Å²) in [6.07, 6.45) is 0.853. The molecule has 0 atom stereocenters. The van der Waals surface area contributed by atoms with Gasteiger partial charge in [0.25, 0.3) is 0 Å². The van der Waals surface area contributed by atoms with Crippen molar-refractivity contribution in [2.45, 2.75) is 6.42 Å². The van der Waals surface area contributed by atoms with Crippen LogP contribution in [-0.4, -0.2) is 27.8 Å². The van der Waals surface area contributed by atoms with Crippen molar-refractivity contribution in [1.82, 2.24) is 0 Å². The first-order valence-corrected chi connectivity index (χ1v) is 4.78. The molecule has 0 aliphatic rings. The Balaban J connectivity index is 2.90. The third kappa shape index (κ3) is 2.43. The zero-order valence-corrected chi connectivity index (χ0v) is 8.55. The molecule has 0 amide bonds. The summed E-state index contributed by atoms with van der Waals surface area (Å²) in [5.74, 6) is 0.925. The van der Waals surface area contributed by atoms with Crippen LogP contribution < -0.4 is 4.35 Å². The fraction of sp³-hybridized carbons (Fsp3) is 0.250. The van der Waals surface area contributed by atoms with Gasteiger partial charge >= 0.3 is 79.7 Å². The molecule has 1 nitrogen and oxygen atoms in total. The van der Waals surface area contributed by atoms with E-state index in [-0.39, 0.29) is 0 Å². The minimum absolute atomic E-state index is 0.305. The predicted octanol–water partition coefficient (Wildman–Crippen LogP) is 0.967. The summed E-state index contributed by atoms with van der Waals surface area (Å²) < 4.78 is 1.04. The average molecular weight is 231 g/mol. The molecular formula is C8H8AsClO. The first-order chi connectivity index (χ1) is 5.24. The van der Waals surface area contributed by atoms with Crippen LogP contribution in [0.1, 0.15) is 5.56 Å². The molecule has 11 heavy (non-hydrogen) atoms.